The molecule has 0 aliphatic rings. The molecule has 0 fully saturated rings. The Kier molecular flexibility index (Phi) is 6.19. The third-order valence-corrected chi connectivity index (χ3v) is 4.69. The number of benzene rings is 1. The van der Waals surface area contributed by atoms with Crippen LogP contribution in [0.25, 0.3) is 0 Å². The Labute approximate surface area is 163 Å². The van der Waals surface area contributed by atoms with Crippen LogP contribution < -0.4 is 15.4 Å². The van der Waals surface area contributed by atoms with E-state index in [0.717, 1.165) is 15.9 Å². The van der Waals surface area contributed by atoms with E-state index >= 15 is 0 Å². The molecule has 0 bridgehead atoms. The highest BCUT2D eigenvalue weighted by atomic mass is 79.9. The van der Waals surface area contributed by atoms with Crippen LogP contribution in [0.2, 0.25) is 0 Å². The zero-order valence-corrected chi connectivity index (χ0v) is 16.4. The quantitative estimate of drug-likeness (QED) is 0.573. The van der Waals surface area contributed by atoms with Crippen LogP contribution in [-0.2, 0) is 11.2 Å². The summed E-state index contributed by atoms with van der Waals surface area (Å²) >= 11 is 4.88. The first-order chi connectivity index (χ1) is 12.6. The van der Waals surface area contributed by atoms with Crippen LogP contribution in [0.1, 0.15) is 12.1 Å². The number of hydrogen-bond acceptors (Lipinski definition) is 6. The SMILES string of the molecule is CNC(=O)CCc1csc(Nc2ncc(Br)cc2Oc2ccccc2)n1. The molecule has 0 aliphatic carbocycles. The average Bonchev–Trinajstić information content (AvgIpc) is 3.10. The molecule has 8 heteroatoms. The summed E-state index contributed by atoms with van der Waals surface area (Å²) in [5, 5.41) is 8.43. The highest BCUT2D eigenvalue weighted by molar-refractivity contribution is 9.10. The fourth-order valence-corrected chi connectivity index (χ4v) is 3.21. The van der Waals surface area contributed by atoms with Crippen LogP contribution in [0.4, 0.5) is 10.9 Å². The lowest BCUT2D eigenvalue weighted by Gasteiger charge is -2.11. The van der Waals surface area contributed by atoms with Gasteiger partial charge in [0.1, 0.15) is 5.75 Å². The summed E-state index contributed by atoms with van der Waals surface area (Å²) in [4.78, 5) is 20.2. The van der Waals surface area contributed by atoms with Crippen LogP contribution in [-0.4, -0.2) is 22.9 Å². The molecule has 2 aromatic heterocycles. The van der Waals surface area contributed by atoms with Gasteiger partial charge in [0.15, 0.2) is 16.7 Å². The monoisotopic (exact) mass is 432 g/mol. The molecule has 1 aromatic carbocycles. The smallest absolute Gasteiger partial charge is 0.220 e. The Hall–Kier alpha value is -2.45. The number of para-hydroxylation sites is 1. The Morgan fingerprint density at radius 1 is 1.31 bits per heavy atom. The van der Waals surface area contributed by atoms with Crippen molar-refractivity contribution in [2.45, 2.75) is 12.8 Å². The van der Waals surface area contributed by atoms with E-state index in [4.69, 9.17) is 4.74 Å². The van der Waals surface area contributed by atoms with Crippen molar-refractivity contribution < 1.29 is 9.53 Å². The maximum atomic E-state index is 11.4. The third-order valence-electron chi connectivity index (χ3n) is 3.45. The Balaban J connectivity index is 1.73. The summed E-state index contributed by atoms with van der Waals surface area (Å²) in [6, 6.07) is 11.4. The second-order valence-electron chi connectivity index (χ2n) is 5.36. The van der Waals surface area contributed by atoms with Gasteiger partial charge >= 0.3 is 0 Å². The predicted octanol–water partition coefficient (Wildman–Crippen LogP) is 4.52. The number of amides is 1. The molecular formula is C18H17BrN4O2S. The Morgan fingerprint density at radius 3 is 2.88 bits per heavy atom. The molecule has 0 radical (unpaired) electrons. The van der Waals surface area contributed by atoms with Crippen molar-refractivity contribution >= 4 is 44.1 Å². The minimum absolute atomic E-state index is 0.000586. The lowest BCUT2D eigenvalue weighted by molar-refractivity contribution is -0.120. The Bertz CT molecular complexity index is 886. The summed E-state index contributed by atoms with van der Waals surface area (Å²) in [6.45, 7) is 0. The molecule has 134 valence electrons. The topological polar surface area (TPSA) is 76.1 Å². The van der Waals surface area contributed by atoms with Crippen molar-refractivity contribution in [2.24, 2.45) is 0 Å². The zero-order valence-electron chi connectivity index (χ0n) is 14.0. The third kappa shape index (κ3) is 5.03. The van der Waals surface area contributed by atoms with Crippen LogP contribution in [0.5, 0.6) is 11.5 Å². The number of halogens is 1. The van der Waals surface area contributed by atoms with Crippen LogP contribution in [0.15, 0.2) is 52.4 Å². The number of hydrogen-bond donors (Lipinski definition) is 2. The van der Waals surface area contributed by atoms with E-state index in [1.165, 1.54) is 11.3 Å². The number of ether oxygens (including phenoxy) is 1. The van der Waals surface area contributed by atoms with Gasteiger partial charge in [-0.25, -0.2) is 9.97 Å². The van der Waals surface area contributed by atoms with Crippen molar-refractivity contribution in [1.82, 2.24) is 15.3 Å². The standard InChI is InChI=1S/C18H17BrN4O2S/c1-20-16(24)8-7-13-11-26-18(22-13)23-17-15(9-12(19)10-21-17)25-14-5-3-2-4-6-14/h2-6,9-11H,7-8H2,1H3,(H,20,24)(H,21,22,23). The van der Waals surface area contributed by atoms with E-state index in [1.54, 1.807) is 13.2 Å². The highest BCUT2D eigenvalue weighted by Crippen LogP contribution is 2.33. The molecule has 0 unspecified atom stereocenters. The average molecular weight is 433 g/mol. The predicted molar refractivity (Wildman–Crippen MR) is 106 cm³/mol. The number of nitrogens with zero attached hydrogens (tertiary/aromatic N) is 2. The maximum Gasteiger partial charge on any atom is 0.220 e. The minimum atomic E-state index is 0.000586. The number of aryl methyl sites for hydroxylation is 1. The highest BCUT2D eigenvalue weighted by Gasteiger charge is 2.11. The largest absolute Gasteiger partial charge is 0.453 e. The minimum Gasteiger partial charge on any atom is -0.453 e. The van der Waals surface area contributed by atoms with Gasteiger partial charge < -0.3 is 15.4 Å². The van der Waals surface area contributed by atoms with Gasteiger partial charge in [0.2, 0.25) is 5.91 Å². The molecule has 3 aromatic rings. The van der Waals surface area contributed by atoms with Gasteiger partial charge in [-0.05, 0) is 34.5 Å². The zero-order chi connectivity index (χ0) is 18.4. The molecule has 0 atom stereocenters. The summed E-state index contributed by atoms with van der Waals surface area (Å²) in [5.74, 6) is 1.89. The summed E-state index contributed by atoms with van der Waals surface area (Å²) in [7, 11) is 1.63. The number of pyridine rings is 1. The molecule has 0 aliphatic heterocycles. The number of thiazole rings is 1. The van der Waals surface area contributed by atoms with Gasteiger partial charge in [0, 0.05) is 35.6 Å². The first-order valence-electron chi connectivity index (χ1n) is 7.94. The normalized spacial score (nSPS) is 10.4. The lowest BCUT2D eigenvalue weighted by Crippen LogP contribution is -2.17. The van der Waals surface area contributed by atoms with Crippen LogP contribution in [0.3, 0.4) is 0 Å². The first kappa shape index (κ1) is 18.3. The molecule has 26 heavy (non-hydrogen) atoms. The van der Waals surface area contributed by atoms with E-state index in [0.29, 0.717) is 29.5 Å². The van der Waals surface area contributed by atoms with Crippen molar-refractivity contribution in [1.29, 1.82) is 0 Å². The second-order valence-corrected chi connectivity index (χ2v) is 7.13. The lowest BCUT2D eigenvalue weighted by atomic mass is 10.2. The summed E-state index contributed by atoms with van der Waals surface area (Å²) < 4.78 is 6.75. The van der Waals surface area contributed by atoms with Gasteiger partial charge in [0.25, 0.3) is 0 Å². The summed E-state index contributed by atoms with van der Waals surface area (Å²) in [5.41, 5.74) is 0.865. The number of carbonyl (C=O) groups is 1. The van der Waals surface area contributed by atoms with E-state index in [-0.39, 0.29) is 5.91 Å². The van der Waals surface area contributed by atoms with E-state index < -0.39 is 0 Å². The molecular weight excluding hydrogens is 416 g/mol. The molecule has 0 saturated heterocycles. The van der Waals surface area contributed by atoms with Crippen molar-refractivity contribution in [3.63, 3.8) is 0 Å². The van der Waals surface area contributed by atoms with E-state index in [1.807, 2.05) is 41.8 Å². The molecule has 6 nitrogen and oxygen atoms in total. The van der Waals surface area contributed by atoms with Gasteiger partial charge in [-0.3, -0.25) is 4.79 Å². The van der Waals surface area contributed by atoms with Crippen LogP contribution in [0, 0.1) is 0 Å². The van der Waals surface area contributed by atoms with Crippen molar-refractivity contribution in [2.75, 3.05) is 12.4 Å². The van der Waals surface area contributed by atoms with Gasteiger partial charge in [0.05, 0.1) is 5.69 Å². The van der Waals surface area contributed by atoms with Crippen molar-refractivity contribution in [3.05, 3.63) is 58.1 Å². The first-order valence-corrected chi connectivity index (χ1v) is 9.62. The fraction of sp³-hybridized carbons (Fsp3) is 0.167. The fourth-order valence-electron chi connectivity index (χ4n) is 2.15. The van der Waals surface area contributed by atoms with Gasteiger partial charge in [-0.15, -0.1) is 11.3 Å². The molecule has 1 amide bonds. The number of aromatic nitrogens is 2. The number of anilines is 2. The molecule has 0 saturated carbocycles. The second kappa shape index (κ2) is 8.77. The van der Waals surface area contributed by atoms with Crippen LogP contribution >= 0.6 is 27.3 Å². The number of nitrogens with one attached hydrogen (secondary N) is 2. The molecule has 3 rings (SSSR count). The number of carbonyl (C=O) groups excluding carboxylic acids is 1. The van der Waals surface area contributed by atoms with E-state index in [2.05, 4.69) is 36.5 Å². The summed E-state index contributed by atoms with van der Waals surface area (Å²) in [6.07, 6.45) is 2.71. The van der Waals surface area contributed by atoms with Crippen molar-refractivity contribution in [3.8, 4) is 11.5 Å². The maximum absolute atomic E-state index is 11.4. The Morgan fingerprint density at radius 2 is 2.12 bits per heavy atom. The van der Waals surface area contributed by atoms with E-state index in [9.17, 15) is 4.79 Å². The van der Waals surface area contributed by atoms with Gasteiger partial charge in [-0.2, -0.15) is 0 Å². The molecule has 2 N–H and O–H groups in total. The van der Waals surface area contributed by atoms with Gasteiger partial charge in [-0.1, -0.05) is 18.2 Å². The number of rotatable bonds is 7. The molecule has 0 spiro atoms. The molecule has 2 heterocycles.